The van der Waals surface area contributed by atoms with Gasteiger partial charge in [-0.3, -0.25) is 9.69 Å². The van der Waals surface area contributed by atoms with Crippen molar-refractivity contribution in [2.24, 2.45) is 0 Å². The number of ether oxygens (including phenoxy) is 1. The Morgan fingerprint density at radius 2 is 1.84 bits per heavy atom. The maximum Gasteiger partial charge on any atom is 0.319 e. The Kier molecular flexibility index (Phi) is 8.09. The van der Waals surface area contributed by atoms with Gasteiger partial charge in [0.1, 0.15) is 46.5 Å². The van der Waals surface area contributed by atoms with Crippen molar-refractivity contribution in [3.63, 3.8) is 0 Å². The molecule has 262 valence electrons. The largest absolute Gasteiger partial charge is 0.461 e. The second kappa shape index (κ2) is 12.3. The van der Waals surface area contributed by atoms with Gasteiger partial charge in [-0.25, -0.2) is 8.78 Å². The molecule has 2 aromatic carbocycles. The van der Waals surface area contributed by atoms with Crippen molar-refractivity contribution < 1.29 is 18.3 Å². The molecule has 6 heterocycles. The molecule has 2 aromatic heterocycles. The number of fused-ring (bicyclic) bond motifs is 3. The van der Waals surface area contributed by atoms with Gasteiger partial charge in [-0.1, -0.05) is 23.2 Å². The highest BCUT2D eigenvalue weighted by molar-refractivity contribution is 7.23. The molecular weight excluding hydrogens is 694 g/mol. The minimum absolute atomic E-state index is 0.0262. The van der Waals surface area contributed by atoms with Crippen LogP contribution in [-0.4, -0.2) is 76.1 Å². The van der Waals surface area contributed by atoms with Gasteiger partial charge in [-0.2, -0.15) is 20.5 Å². The first-order chi connectivity index (χ1) is 24.5. The summed E-state index contributed by atoms with van der Waals surface area (Å²) in [7, 11) is 0. The van der Waals surface area contributed by atoms with Crippen LogP contribution in [0.3, 0.4) is 0 Å². The first-order valence-corrected chi connectivity index (χ1v) is 18.3. The van der Waals surface area contributed by atoms with E-state index in [-0.39, 0.29) is 65.3 Å². The maximum absolute atomic E-state index is 17.1. The van der Waals surface area contributed by atoms with Crippen LogP contribution in [0, 0.1) is 34.3 Å². The number of nitrogen functional groups attached to an aromatic ring is 1. The molecule has 0 radical (unpaired) electrons. The van der Waals surface area contributed by atoms with E-state index in [1.165, 1.54) is 12.1 Å². The summed E-state index contributed by atoms with van der Waals surface area (Å²) in [5, 5.41) is 20.3. The number of carbonyl (C=O) groups is 1. The van der Waals surface area contributed by atoms with E-state index >= 15 is 4.39 Å². The van der Waals surface area contributed by atoms with Crippen molar-refractivity contribution in [1.82, 2.24) is 19.8 Å². The van der Waals surface area contributed by atoms with Crippen LogP contribution < -0.4 is 15.4 Å². The number of likely N-dealkylation sites (tertiary alicyclic amines) is 1. The lowest BCUT2D eigenvalue weighted by Crippen LogP contribution is -2.63. The van der Waals surface area contributed by atoms with Crippen LogP contribution in [-0.2, 0) is 4.79 Å². The van der Waals surface area contributed by atoms with Crippen LogP contribution in [0.25, 0.3) is 32.1 Å². The zero-order valence-corrected chi connectivity index (χ0v) is 29.9. The highest BCUT2D eigenvalue weighted by Gasteiger charge is 2.52. The number of hydrogen-bond donors (Lipinski definition) is 1. The summed E-state index contributed by atoms with van der Waals surface area (Å²) in [6.45, 7) is 7.38. The Bertz CT molecular complexity index is 2260. The van der Waals surface area contributed by atoms with E-state index in [1.807, 2.05) is 11.0 Å². The number of allylic oxidation sites excluding steroid dienone is 1. The fourth-order valence-corrected chi connectivity index (χ4v) is 9.95. The maximum atomic E-state index is 17.1. The number of aromatic nitrogens is 2. The van der Waals surface area contributed by atoms with Crippen molar-refractivity contribution in [1.29, 1.82) is 10.5 Å². The fraction of sp³-hybridized carbons (Fsp3) is 0.432. The van der Waals surface area contributed by atoms with E-state index in [0.29, 0.717) is 49.4 Å². The summed E-state index contributed by atoms with van der Waals surface area (Å²) < 4.78 is 38.6. The number of nitrogens with two attached hydrogens (primary N) is 1. The van der Waals surface area contributed by atoms with Crippen LogP contribution in [0.1, 0.15) is 57.9 Å². The highest BCUT2D eigenvalue weighted by Crippen LogP contribution is 2.48. The molecule has 0 bridgehead atoms. The minimum atomic E-state index is -0.759. The summed E-state index contributed by atoms with van der Waals surface area (Å²) in [5.74, 6) is -1.19. The average molecular weight is 729 g/mol. The summed E-state index contributed by atoms with van der Waals surface area (Å²) >= 11 is 7.83. The normalized spacial score (nSPS) is 20.8. The third kappa shape index (κ3) is 5.12. The monoisotopic (exact) mass is 728 g/mol. The fourth-order valence-electron chi connectivity index (χ4n) is 8.71. The van der Waals surface area contributed by atoms with E-state index in [9.17, 15) is 19.7 Å². The topological polar surface area (TPSA) is 135 Å². The molecule has 1 atom stereocenters. The van der Waals surface area contributed by atoms with Crippen LogP contribution >= 0.6 is 22.9 Å². The van der Waals surface area contributed by atoms with Crippen molar-refractivity contribution in [3.05, 3.63) is 51.6 Å². The number of amides is 1. The van der Waals surface area contributed by atoms with Gasteiger partial charge in [0.05, 0.1) is 26.4 Å². The number of hydrogen-bond acceptors (Lipinski definition) is 10. The standard InChI is InChI=1S/C37H35ClF2N8O2S/c1-20(2)23(16-41)34(49)48-14-10-36(48)9-13-46(18-36)33-22-15-25(38)28(21-5-6-26(39)31-27(21)24(17-42)32(43)51-31)29(40)30(22)44-35(45-33)50-19-37-7-3-11-47(37)12-4-8-37/h5-6,15H,3-4,7-14,18-19,43H2,1-2H3. The summed E-state index contributed by atoms with van der Waals surface area (Å²) in [6, 6.07) is 8.36. The number of benzene rings is 2. The first kappa shape index (κ1) is 33.6. The predicted molar refractivity (Wildman–Crippen MR) is 193 cm³/mol. The van der Waals surface area contributed by atoms with E-state index in [4.69, 9.17) is 27.1 Å². The predicted octanol–water partition coefficient (Wildman–Crippen LogP) is 6.95. The number of nitrogens with zero attached hydrogens (tertiary/aromatic N) is 7. The van der Waals surface area contributed by atoms with Crippen LogP contribution in [0.15, 0.2) is 29.3 Å². The molecule has 1 unspecified atom stereocenters. The van der Waals surface area contributed by atoms with Gasteiger partial charge < -0.3 is 20.3 Å². The van der Waals surface area contributed by atoms with Gasteiger partial charge >= 0.3 is 6.01 Å². The second-order valence-corrected chi connectivity index (χ2v) is 15.8. The van der Waals surface area contributed by atoms with Gasteiger partial charge in [0.2, 0.25) is 0 Å². The summed E-state index contributed by atoms with van der Waals surface area (Å²) in [6.07, 6.45) is 5.56. The van der Waals surface area contributed by atoms with Crippen LogP contribution in [0.2, 0.25) is 5.02 Å². The van der Waals surface area contributed by atoms with E-state index in [2.05, 4.69) is 16.0 Å². The lowest BCUT2D eigenvalue weighted by molar-refractivity contribution is -0.140. The molecule has 4 aliphatic heterocycles. The molecule has 2 N–H and O–H groups in total. The zero-order valence-electron chi connectivity index (χ0n) is 28.3. The van der Waals surface area contributed by atoms with E-state index in [0.717, 1.165) is 56.5 Å². The number of thiophene rings is 1. The van der Waals surface area contributed by atoms with Gasteiger partial charge in [0, 0.05) is 36.0 Å². The van der Waals surface area contributed by atoms with E-state index in [1.54, 1.807) is 24.8 Å². The van der Waals surface area contributed by atoms with Gasteiger partial charge in [-0.05, 0) is 83.2 Å². The lowest BCUT2D eigenvalue weighted by Gasteiger charge is -2.50. The lowest BCUT2D eigenvalue weighted by atomic mass is 9.83. The second-order valence-electron chi connectivity index (χ2n) is 14.3. The Hall–Kier alpha value is -4.56. The molecule has 4 aliphatic rings. The minimum Gasteiger partial charge on any atom is -0.461 e. The van der Waals surface area contributed by atoms with Gasteiger partial charge in [0.15, 0.2) is 5.82 Å². The molecule has 4 saturated heterocycles. The Morgan fingerprint density at radius 1 is 1.10 bits per heavy atom. The van der Waals surface area contributed by atoms with Gasteiger partial charge in [0.25, 0.3) is 5.91 Å². The molecule has 51 heavy (non-hydrogen) atoms. The molecule has 1 spiro atoms. The average Bonchev–Trinajstić information content (AvgIpc) is 3.87. The Labute approximate surface area is 302 Å². The number of halogens is 3. The van der Waals surface area contributed by atoms with Crippen LogP contribution in [0.4, 0.5) is 19.6 Å². The van der Waals surface area contributed by atoms with E-state index < -0.39 is 17.2 Å². The molecular formula is C37H35ClF2N8O2S. The Morgan fingerprint density at radius 3 is 2.51 bits per heavy atom. The third-order valence-corrected chi connectivity index (χ3v) is 12.7. The molecule has 1 amide bonds. The van der Waals surface area contributed by atoms with Crippen molar-refractivity contribution in [2.75, 3.05) is 50.0 Å². The smallest absolute Gasteiger partial charge is 0.319 e. The molecule has 0 aliphatic carbocycles. The molecule has 0 saturated carbocycles. The van der Waals surface area contributed by atoms with Crippen molar-refractivity contribution >= 4 is 60.7 Å². The third-order valence-electron chi connectivity index (χ3n) is 11.4. The Balaban J connectivity index is 1.25. The summed E-state index contributed by atoms with van der Waals surface area (Å²) in [4.78, 5) is 29.2. The zero-order chi connectivity index (χ0) is 35.8. The van der Waals surface area contributed by atoms with Crippen molar-refractivity contribution in [3.8, 4) is 29.3 Å². The quantitative estimate of drug-likeness (QED) is 0.165. The first-order valence-electron chi connectivity index (χ1n) is 17.1. The molecule has 8 rings (SSSR count). The molecule has 4 fully saturated rings. The number of anilines is 2. The summed E-state index contributed by atoms with van der Waals surface area (Å²) in [5.41, 5.74) is 6.51. The van der Waals surface area contributed by atoms with Crippen molar-refractivity contribution in [2.45, 2.75) is 63.5 Å². The highest BCUT2D eigenvalue weighted by atomic mass is 35.5. The van der Waals surface area contributed by atoms with Gasteiger partial charge in [-0.15, -0.1) is 11.3 Å². The van der Waals surface area contributed by atoms with Crippen LogP contribution in [0.5, 0.6) is 6.01 Å². The number of carbonyl (C=O) groups excluding carboxylic acids is 1. The molecule has 14 heteroatoms. The number of nitriles is 2. The number of rotatable bonds is 6. The molecule has 10 nitrogen and oxygen atoms in total. The SMILES string of the molecule is CC(C)=C(C#N)C(=O)N1CCC12CCN(c1nc(OCC34CCCN3CCC4)nc3c(F)c(-c4ccc(F)c5sc(N)c(C#N)c45)c(Cl)cc13)C2. The molecule has 4 aromatic rings.